The third-order valence-corrected chi connectivity index (χ3v) is 3.69. The first kappa shape index (κ1) is 14.6. The molecular formula is C16H9BrClN3O. The van der Waals surface area contributed by atoms with E-state index in [2.05, 4.69) is 32.3 Å². The molecule has 22 heavy (non-hydrogen) atoms. The second kappa shape index (κ2) is 6.22. The number of aromatic nitrogens is 1. The zero-order chi connectivity index (χ0) is 15.5. The van der Waals surface area contributed by atoms with Crippen molar-refractivity contribution in [3.63, 3.8) is 0 Å². The largest absolute Gasteiger partial charge is 0.435 e. The Labute approximate surface area is 140 Å². The number of nitriles is 1. The van der Waals surface area contributed by atoms with Gasteiger partial charge in [-0.05, 0) is 42.5 Å². The summed E-state index contributed by atoms with van der Waals surface area (Å²) in [6, 6.07) is 14.8. The van der Waals surface area contributed by atoms with Crippen molar-refractivity contribution in [2.75, 3.05) is 5.32 Å². The molecule has 0 aliphatic rings. The number of nitrogens with zero attached hydrogens (tertiary/aromatic N) is 2. The van der Waals surface area contributed by atoms with Gasteiger partial charge in [0.05, 0.1) is 0 Å². The van der Waals surface area contributed by atoms with E-state index in [1.807, 2.05) is 24.3 Å². The Morgan fingerprint density at radius 1 is 1.27 bits per heavy atom. The van der Waals surface area contributed by atoms with Gasteiger partial charge in [0.25, 0.3) is 0 Å². The van der Waals surface area contributed by atoms with Crippen molar-refractivity contribution in [3.05, 3.63) is 64.1 Å². The summed E-state index contributed by atoms with van der Waals surface area (Å²) in [5, 5.41) is 12.9. The molecule has 0 radical (unpaired) electrons. The van der Waals surface area contributed by atoms with E-state index in [9.17, 15) is 5.26 Å². The molecule has 0 aliphatic heterocycles. The summed E-state index contributed by atoms with van der Waals surface area (Å²) >= 11 is 9.29. The topological polar surface area (TPSA) is 61.9 Å². The van der Waals surface area contributed by atoms with E-state index >= 15 is 0 Å². The first-order valence-corrected chi connectivity index (χ1v) is 7.51. The minimum Gasteiger partial charge on any atom is -0.435 e. The van der Waals surface area contributed by atoms with E-state index in [0.717, 1.165) is 10.2 Å². The molecule has 1 N–H and O–H groups in total. The highest BCUT2D eigenvalue weighted by atomic mass is 79.9. The Kier molecular flexibility index (Phi) is 4.14. The highest BCUT2D eigenvalue weighted by Gasteiger charge is 2.10. The quantitative estimate of drug-likeness (QED) is 0.638. The lowest BCUT2D eigenvalue weighted by Gasteiger charge is -2.00. The number of fused-ring (bicyclic) bond motifs is 1. The second-order valence-corrected chi connectivity index (χ2v) is 5.80. The smallest absolute Gasteiger partial charge is 0.239 e. The van der Waals surface area contributed by atoms with Gasteiger partial charge in [-0.2, -0.15) is 5.26 Å². The fourth-order valence-electron chi connectivity index (χ4n) is 1.86. The van der Waals surface area contributed by atoms with E-state index in [1.165, 1.54) is 0 Å². The van der Waals surface area contributed by atoms with Crippen LogP contribution >= 0.6 is 27.5 Å². The van der Waals surface area contributed by atoms with Gasteiger partial charge in [0.15, 0.2) is 5.58 Å². The zero-order valence-corrected chi connectivity index (χ0v) is 13.5. The lowest BCUT2D eigenvalue weighted by Crippen LogP contribution is -1.91. The number of nitrogens with one attached hydrogen (secondary N) is 1. The lowest BCUT2D eigenvalue weighted by atomic mass is 10.3. The van der Waals surface area contributed by atoms with Crippen LogP contribution in [-0.2, 0) is 0 Å². The van der Waals surface area contributed by atoms with Crippen molar-refractivity contribution in [2.24, 2.45) is 0 Å². The molecule has 0 bridgehead atoms. The van der Waals surface area contributed by atoms with Crippen LogP contribution in [-0.4, -0.2) is 4.98 Å². The normalized spacial score (nSPS) is 11.4. The molecular weight excluding hydrogens is 366 g/mol. The van der Waals surface area contributed by atoms with Gasteiger partial charge >= 0.3 is 0 Å². The van der Waals surface area contributed by atoms with Crippen LogP contribution in [0.15, 0.2) is 57.6 Å². The molecule has 0 spiro atoms. The van der Waals surface area contributed by atoms with Gasteiger partial charge in [-0.15, -0.1) is 0 Å². The molecule has 1 aromatic heterocycles. The summed E-state index contributed by atoms with van der Waals surface area (Å²) in [7, 11) is 0. The number of oxazole rings is 1. The lowest BCUT2D eigenvalue weighted by molar-refractivity contribution is 0.586. The fraction of sp³-hybridized carbons (Fsp3) is 0. The SMILES string of the molecule is N#C/C(=C/Nc1ccc(Br)cc1)c1nc2cc(Cl)ccc2o1. The summed E-state index contributed by atoms with van der Waals surface area (Å²) in [6.07, 6.45) is 1.57. The van der Waals surface area contributed by atoms with E-state index in [0.29, 0.717) is 21.7 Å². The molecule has 0 aliphatic carbocycles. The van der Waals surface area contributed by atoms with Gasteiger partial charge in [0.1, 0.15) is 17.2 Å². The van der Waals surface area contributed by atoms with Crippen molar-refractivity contribution in [2.45, 2.75) is 0 Å². The Hall–Kier alpha value is -2.29. The maximum Gasteiger partial charge on any atom is 0.239 e. The number of hydrogen-bond acceptors (Lipinski definition) is 4. The molecule has 0 saturated carbocycles. The molecule has 6 heteroatoms. The molecule has 0 atom stereocenters. The van der Waals surface area contributed by atoms with Gasteiger partial charge in [-0.3, -0.25) is 0 Å². The number of allylic oxidation sites excluding steroid dienone is 1. The average molecular weight is 375 g/mol. The minimum atomic E-state index is 0.254. The molecule has 1 heterocycles. The van der Waals surface area contributed by atoms with Gasteiger partial charge in [0, 0.05) is 21.4 Å². The number of anilines is 1. The van der Waals surface area contributed by atoms with Crippen LogP contribution in [0, 0.1) is 11.3 Å². The predicted octanol–water partition coefficient (Wildman–Crippen LogP) is 5.22. The first-order valence-electron chi connectivity index (χ1n) is 6.34. The minimum absolute atomic E-state index is 0.254. The average Bonchev–Trinajstić information content (AvgIpc) is 2.92. The third-order valence-electron chi connectivity index (χ3n) is 2.93. The number of hydrogen-bond donors (Lipinski definition) is 1. The summed E-state index contributed by atoms with van der Waals surface area (Å²) in [6.45, 7) is 0. The maximum atomic E-state index is 9.29. The molecule has 0 amide bonds. The Morgan fingerprint density at radius 3 is 2.77 bits per heavy atom. The number of benzene rings is 2. The molecule has 3 aromatic rings. The number of halogens is 2. The van der Waals surface area contributed by atoms with E-state index < -0.39 is 0 Å². The first-order chi connectivity index (χ1) is 10.7. The van der Waals surface area contributed by atoms with Crippen molar-refractivity contribution >= 4 is 49.9 Å². The van der Waals surface area contributed by atoms with Crippen LogP contribution in [0.4, 0.5) is 5.69 Å². The summed E-state index contributed by atoms with van der Waals surface area (Å²) in [4.78, 5) is 4.28. The molecule has 3 rings (SSSR count). The highest BCUT2D eigenvalue weighted by Crippen LogP contribution is 2.23. The molecule has 4 nitrogen and oxygen atoms in total. The van der Waals surface area contributed by atoms with Crippen LogP contribution in [0.1, 0.15) is 5.89 Å². The Bertz CT molecular complexity index is 894. The van der Waals surface area contributed by atoms with Crippen molar-refractivity contribution in [1.82, 2.24) is 4.98 Å². The van der Waals surface area contributed by atoms with E-state index in [4.69, 9.17) is 16.0 Å². The van der Waals surface area contributed by atoms with E-state index in [1.54, 1.807) is 24.4 Å². The van der Waals surface area contributed by atoms with Crippen LogP contribution in [0.5, 0.6) is 0 Å². The summed E-state index contributed by atoms with van der Waals surface area (Å²) in [5.41, 5.74) is 2.36. The second-order valence-electron chi connectivity index (χ2n) is 4.45. The molecule has 0 fully saturated rings. The van der Waals surface area contributed by atoms with Crippen LogP contribution in [0.3, 0.4) is 0 Å². The van der Waals surface area contributed by atoms with Crippen LogP contribution in [0.25, 0.3) is 16.7 Å². The monoisotopic (exact) mass is 373 g/mol. The molecule has 0 unspecified atom stereocenters. The fourth-order valence-corrected chi connectivity index (χ4v) is 2.29. The van der Waals surface area contributed by atoms with Crippen molar-refractivity contribution in [1.29, 1.82) is 5.26 Å². The number of rotatable bonds is 3. The maximum absolute atomic E-state index is 9.29. The Balaban J connectivity index is 1.90. The summed E-state index contributed by atoms with van der Waals surface area (Å²) in [5.74, 6) is 0.254. The Morgan fingerprint density at radius 2 is 2.05 bits per heavy atom. The molecule has 0 saturated heterocycles. The molecule has 108 valence electrons. The van der Waals surface area contributed by atoms with Gasteiger partial charge in [0.2, 0.25) is 5.89 Å². The zero-order valence-electron chi connectivity index (χ0n) is 11.2. The predicted molar refractivity (Wildman–Crippen MR) is 90.4 cm³/mol. The summed E-state index contributed by atoms with van der Waals surface area (Å²) < 4.78 is 6.56. The van der Waals surface area contributed by atoms with Crippen LogP contribution < -0.4 is 5.32 Å². The van der Waals surface area contributed by atoms with E-state index in [-0.39, 0.29) is 5.89 Å². The molecule has 2 aromatic carbocycles. The van der Waals surface area contributed by atoms with Crippen LogP contribution in [0.2, 0.25) is 5.02 Å². The highest BCUT2D eigenvalue weighted by molar-refractivity contribution is 9.10. The van der Waals surface area contributed by atoms with Crippen molar-refractivity contribution in [3.8, 4) is 6.07 Å². The van der Waals surface area contributed by atoms with Gasteiger partial charge < -0.3 is 9.73 Å². The van der Waals surface area contributed by atoms with Crippen molar-refractivity contribution < 1.29 is 4.42 Å². The van der Waals surface area contributed by atoms with Gasteiger partial charge in [-0.25, -0.2) is 4.98 Å². The van der Waals surface area contributed by atoms with Gasteiger partial charge in [-0.1, -0.05) is 27.5 Å². The standard InChI is InChI=1S/C16H9BrClN3O/c17-11-1-4-13(5-2-11)20-9-10(8-19)16-21-14-7-12(18)3-6-15(14)22-16/h1-7,9,20H/b10-9-. The third kappa shape index (κ3) is 3.14.